The highest BCUT2D eigenvalue weighted by Gasteiger charge is 2.25. The number of nitrogens with zero attached hydrogens (tertiary/aromatic N) is 2. The van der Waals surface area contributed by atoms with Crippen molar-refractivity contribution in [1.82, 2.24) is 9.88 Å². The number of aromatic nitrogens is 1. The number of likely N-dealkylation sites (tertiary alicyclic amines) is 1. The zero-order chi connectivity index (χ0) is 12.3. The lowest BCUT2D eigenvalue weighted by molar-refractivity contribution is 0.131. The average molecular weight is 232 g/mol. The molecule has 1 fully saturated rings. The molecular weight excluding hydrogens is 208 g/mol. The van der Waals surface area contributed by atoms with Crippen LogP contribution < -0.4 is 0 Å². The van der Waals surface area contributed by atoms with Gasteiger partial charge in [-0.2, -0.15) is 0 Å². The standard InChI is InChI=1S/C15H24N2/c1-12(2)11-17-10-5-4-8-15(17)14-7-6-9-16-13(14)3/h6-7,9,12,15H,4-5,8,10-11H2,1-3H3/t15-/m1/s1. The fraction of sp³-hybridized carbons (Fsp3) is 0.667. The molecule has 0 spiro atoms. The lowest BCUT2D eigenvalue weighted by atomic mass is 9.93. The summed E-state index contributed by atoms with van der Waals surface area (Å²) < 4.78 is 0. The van der Waals surface area contributed by atoms with Crippen LogP contribution in [0.1, 0.15) is 50.4 Å². The maximum Gasteiger partial charge on any atom is 0.0420 e. The fourth-order valence-electron chi connectivity index (χ4n) is 2.88. The maximum atomic E-state index is 4.44. The molecule has 0 N–H and O–H groups in total. The van der Waals surface area contributed by atoms with Gasteiger partial charge in [0.2, 0.25) is 0 Å². The molecule has 17 heavy (non-hydrogen) atoms. The number of rotatable bonds is 3. The molecule has 2 rings (SSSR count). The van der Waals surface area contributed by atoms with Crippen LogP contribution in [-0.2, 0) is 0 Å². The van der Waals surface area contributed by atoms with Gasteiger partial charge in [0.05, 0.1) is 0 Å². The van der Waals surface area contributed by atoms with Crippen molar-refractivity contribution >= 4 is 0 Å². The molecule has 1 aliphatic rings. The van der Waals surface area contributed by atoms with E-state index in [4.69, 9.17) is 0 Å². The molecule has 0 unspecified atom stereocenters. The molecule has 1 saturated heterocycles. The van der Waals surface area contributed by atoms with Crippen LogP contribution in [0.2, 0.25) is 0 Å². The van der Waals surface area contributed by atoms with E-state index in [9.17, 15) is 0 Å². The van der Waals surface area contributed by atoms with Gasteiger partial charge in [-0.05, 0) is 43.9 Å². The summed E-state index contributed by atoms with van der Waals surface area (Å²) in [5.74, 6) is 0.743. The summed E-state index contributed by atoms with van der Waals surface area (Å²) in [6.07, 6.45) is 5.89. The second kappa shape index (κ2) is 5.63. The van der Waals surface area contributed by atoms with Crippen LogP contribution in [0.4, 0.5) is 0 Å². The second-order valence-corrected chi connectivity index (χ2v) is 5.58. The zero-order valence-electron chi connectivity index (χ0n) is 11.3. The zero-order valence-corrected chi connectivity index (χ0v) is 11.3. The van der Waals surface area contributed by atoms with Gasteiger partial charge in [-0.15, -0.1) is 0 Å². The minimum atomic E-state index is 0.597. The van der Waals surface area contributed by atoms with Gasteiger partial charge in [-0.3, -0.25) is 9.88 Å². The van der Waals surface area contributed by atoms with E-state index in [0.29, 0.717) is 6.04 Å². The Morgan fingerprint density at radius 2 is 2.24 bits per heavy atom. The van der Waals surface area contributed by atoms with E-state index < -0.39 is 0 Å². The van der Waals surface area contributed by atoms with E-state index in [1.165, 1.54) is 43.6 Å². The van der Waals surface area contributed by atoms with Crippen LogP contribution >= 0.6 is 0 Å². The van der Waals surface area contributed by atoms with Crippen molar-refractivity contribution in [2.24, 2.45) is 5.92 Å². The molecule has 2 nitrogen and oxygen atoms in total. The summed E-state index contributed by atoms with van der Waals surface area (Å²) in [7, 11) is 0. The fourth-order valence-corrected chi connectivity index (χ4v) is 2.88. The summed E-state index contributed by atoms with van der Waals surface area (Å²) in [6, 6.07) is 4.93. The molecule has 2 heteroatoms. The Morgan fingerprint density at radius 3 is 2.94 bits per heavy atom. The Bertz CT molecular complexity index is 360. The molecule has 0 aliphatic carbocycles. The number of hydrogen-bond acceptors (Lipinski definition) is 2. The van der Waals surface area contributed by atoms with Crippen molar-refractivity contribution in [2.45, 2.75) is 46.1 Å². The normalized spacial score (nSPS) is 22.0. The predicted molar refractivity (Wildman–Crippen MR) is 72.0 cm³/mol. The average Bonchev–Trinajstić information content (AvgIpc) is 2.30. The first kappa shape index (κ1) is 12.6. The van der Waals surface area contributed by atoms with Crippen molar-refractivity contribution in [3.8, 4) is 0 Å². The van der Waals surface area contributed by atoms with Crippen molar-refractivity contribution < 1.29 is 0 Å². The third-order valence-electron chi connectivity index (χ3n) is 3.62. The molecule has 0 saturated carbocycles. The lowest BCUT2D eigenvalue weighted by Gasteiger charge is -2.37. The summed E-state index contributed by atoms with van der Waals surface area (Å²) in [5, 5.41) is 0. The molecule has 1 aromatic rings. The summed E-state index contributed by atoms with van der Waals surface area (Å²) in [6.45, 7) is 9.21. The highest BCUT2D eigenvalue weighted by atomic mass is 15.2. The van der Waals surface area contributed by atoms with Crippen LogP contribution in [0.3, 0.4) is 0 Å². The summed E-state index contributed by atoms with van der Waals surface area (Å²) in [5.41, 5.74) is 2.64. The minimum absolute atomic E-state index is 0.597. The van der Waals surface area contributed by atoms with Gasteiger partial charge in [-0.25, -0.2) is 0 Å². The monoisotopic (exact) mass is 232 g/mol. The molecule has 0 amide bonds. The molecule has 1 aliphatic heterocycles. The Morgan fingerprint density at radius 1 is 1.41 bits per heavy atom. The molecule has 1 aromatic heterocycles. The Hall–Kier alpha value is -0.890. The van der Waals surface area contributed by atoms with E-state index >= 15 is 0 Å². The largest absolute Gasteiger partial charge is 0.296 e. The highest BCUT2D eigenvalue weighted by molar-refractivity contribution is 5.23. The first-order chi connectivity index (χ1) is 8.18. The minimum Gasteiger partial charge on any atom is -0.296 e. The van der Waals surface area contributed by atoms with Gasteiger partial charge in [-0.1, -0.05) is 26.3 Å². The van der Waals surface area contributed by atoms with E-state index in [-0.39, 0.29) is 0 Å². The van der Waals surface area contributed by atoms with Gasteiger partial charge < -0.3 is 0 Å². The van der Waals surface area contributed by atoms with Gasteiger partial charge in [0, 0.05) is 24.5 Å². The van der Waals surface area contributed by atoms with E-state index in [0.717, 1.165) is 5.92 Å². The molecule has 94 valence electrons. The number of pyridine rings is 1. The number of piperidine rings is 1. The first-order valence-electron chi connectivity index (χ1n) is 6.84. The first-order valence-corrected chi connectivity index (χ1v) is 6.84. The smallest absolute Gasteiger partial charge is 0.0420 e. The van der Waals surface area contributed by atoms with Crippen LogP contribution in [-0.4, -0.2) is 23.0 Å². The van der Waals surface area contributed by atoms with Crippen LogP contribution in [0.25, 0.3) is 0 Å². The Kier molecular flexibility index (Phi) is 4.16. The lowest BCUT2D eigenvalue weighted by Crippen LogP contribution is -2.36. The van der Waals surface area contributed by atoms with Gasteiger partial charge in [0.1, 0.15) is 0 Å². The van der Waals surface area contributed by atoms with Gasteiger partial charge >= 0.3 is 0 Å². The summed E-state index contributed by atoms with van der Waals surface area (Å²) in [4.78, 5) is 7.09. The van der Waals surface area contributed by atoms with Gasteiger partial charge in [0.25, 0.3) is 0 Å². The Balaban J connectivity index is 2.19. The Labute approximate surface area is 105 Å². The van der Waals surface area contributed by atoms with Crippen LogP contribution in [0.15, 0.2) is 18.3 Å². The molecule has 0 radical (unpaired) electrons. The van der Waals surface area contributed by atoms with Crippen molar-refractivity contribution in [3.63, 3.8) is 0 Å². The molecule has 0 aromatic carbocycles. The summed E-state index contributed by atoms with van der Waals surface area (Å²) >= 11 is 0. The predicted octanol–water partition coefficient (Wildman–Crippen LogP) is 3.57. The molecule has 1 atom stereocenters. The topological polar surface area (TPSA) is 16.1 Å². The third kappa shape index (κ3) is 3.06. The van der Waals surface area contributed by atoms with E-state index in [1.54, 1.807) is 0 Å². The maximum absolute atomic E-state index is 4.44. The van der Waals surface area contributed by atoms with Crippen molar-refractivity contribution in [1.29, 1.82) is 0 Å². The molecule has 2 heterocycles. The van der Waals surface area contributed by atoms with E-state index in [1.807, 2.05) is 6.20 Å². The van der Waals surface area contributed by atoms with E-state index in [2.05, 4.69) is 42.8 Å². The highest BCUT2D eigenvalue weighted by Crippen LogP contribution is 2.32. The number of aryl methyl sites for hydroxylation is 1. The van der Waals surface area contributed by atoms with Crippen LogP contribution in [0.5, 0.6) is 0 Å². The van der Waals surface area contributed by atoms with Gasteiger partial charge in [0.15, 0.2) is 0 Å². The quantitative estimate of drug-likeness (QED) is 0.792. The van der Waals surface area contributed by atoms with Crippen molar-refractivity contribution in [2.75, 3.05) is 13.1 Å². The molecular formula is C15H24N2. The van der Waals surface area contributed by atoms with Crippen LogP contribution in [0, 0.1) is 12.8 Å². The van der Waals surface area contributed by atoms with Crippen molar-refractivity contribution in [3.05, 3.63) is 29.6 Å². The molecule has 0 bridgehead atoms. The second-order valence-electron chi connectivity index (χ2n) is 5.58. The third-order valence-corrected chi connectivity index (χ3v) is 3.62. The number of hydrogen-bond donors (Lipinski definition) is 0. The SMILES string of the molecule is Cc1ncccc1[C@H]1CCCCN1CC(C)C.